The first kappa shape index (κ1) is 19.4. The summed E-state index contributed by atoms with van der Waals surface area (Å²) in [5.41, 5.74) is 2.47. The molecule has 0 saturated heterocycles. The molecule has 0 aromatic heterocycles. The maximum Gasteiger partial charge on any atom is 0.248 e. The van der Waals surface area contributed by atoms with Gasteiger partial charge in [-0.3, -0.25) is 4.79 Å². The third kappa shape index (κ3) is 5.52. The van der Waals surface area contributed by atoms with E-state index in [0.717, 1.165) is 15.6 Å². The summed E-state index contributed by atoms with van der Waals surface area (Å²) in [4.78, 5) is 12.2. The second kappa shape index (κ2) is 8.42. The van der Waals surface area contributed by atoms with Crippen LogP contribution in [0.4, 0.5) is 5.69 Å². The summed E-state index contributed by atoms with van der Waals surface area (Å²) in [7, 11) is -3.46. The molecule has 2 aromatic carbocycles. The standard InChI is InChI=1S/C18H19BrN2O3S/c1-3-20-25(23,24)16-8-4-14(5-9-16)6-11-18(22)21-15-7-10-17(19)13(2)12-15/h4-12,20H,3H2,1-2H3,(H,21,22)/b11-6+. The van der Waals surface area contributed by atoms with Crippen LogP contribution >= 0.6 is 15.9 Å². The van der Waals surface area contributed by atoms with Gasteiger partial charge in [0.15, 0.2) is 0 Å². The minimum absolute atomic E-state index is 0.196. The molecule has 0 aliphatic heterocycles. The lowest BCUT2D eigenvalue weighted by Crippen LogP contribution is -2.22. The smallest absolute Gasteiger partial charge is 0.248 e. The lowest BCUT2D eigenvalue weighted by atomic mass is 10.2. The number of aryl methyl sites for hydroxylation is 1. The molecule has 0 spiro atoms. The van der Waals surface area contributed by atoms with Gasteiger partial charge in [-0.05, 0) is 54.5 Å². The van der Waals surface area contributed by atoms with Gasteiger partial charge in [0.05, 0.1) is 4.90 Å². The monoisotopic (exact) mass is 422 g/mol. The first-order valence-corrected chi connectivity index (χ1v) is 9.94. The number of carbonyl (C=O) groups is 1. The number of amides is 1. The van der Waals surface area contributed by atoms with Crippen LogP contribution in [0.5, 0.6) is 0 Å². The first-order valence-electron chi connectivity index (χ1n) is 7.67. The van der Waals surface area contributed by atoms with Crippen molar-refractivity contribution in [2.24, 2.45) is 0 Å². The van der Waals surface area contributed by atoms with Gasteiger partial charge in [0.2, 0.25) is 15.9 Å². The van der Waals surface area contributed by atoms with Gasteiger partial charge in [-0.25, -0.2) is 13.1 Å². The number of rotatable bonds is 6. The Morgan fingerprint density at radius 3 is 2.44 bits per heavy atom. The quantitative estimate of drug-likeness (QED) is 0.696. The van der Waals surface area contributed by atoms with E-state index < -0.39 is 10.0 Å². The van der Waals surface area contributed by atoms with Crippen LogP contribution in [0.2, 0.25) is 0 Å². The van der Waals surface area contributed by atoms with Crippen molar-refractivity contribution in [3.8, 4) is 0 Å². The second-order valence-electron chi connectivity index (χ2n) is 5.36. The number of hydrogen-bond acceptors (Lipinski definition) is 3. The molecular formula is C18H19BrN2O3S. The third-order valence-corrected chi connectivity index (χ3v) is 5.83. The van der Waals surface area contributed by atoms with E-state index >= 15 is 0 Å². The number of anilines is 1. The van der Waals surface area contributed by atoms with Crippen LogP contribution in [-0.4, -0.2) is 20.9 Å². The summed E-state index contributed by atoms with van der Waals surface area (Å²) in [6.07, 6.45) is 3.04. The highest BCUT2D eigenvalue weighted by Crippen LogP contribution is 2.20. The molecule has 0 unspecified atom stereocenters. The van der Waals surface area contributed by atoms with Gasteiger partial charge in [-0.2, -0.15) is 0 Å². The van der Waals surface area contributed by atoms with Crippen molar-refractivity contribution < 1.29 is 13.2 Å². The largest absolute Gasteiger partial charge is 0.323 e. The van der Waals surface area contributed by atoms with Crippen molar-refractivity contribution >= 4 is 43.6 Å². The van der Waals surface area contributed by atoms with Gasteiger partial charge in [0.25, 0.3) is 0 Å². The molecule has 7 heteroatoms. The average Bonchev–Trinajstić information content (AvgIpc) is 2.57. The normalized spacial score (nSPS) is 11.6. The Kier molecular flexibility index (Phi) is 6.52. The molecule has 0 atom stereocenters. The van der Waals surface area contributed by atoms with E-state index in [-0.39, 0.29) is 10.8 Å². The molecule has 0 fully saturated rings. The fourth-order valence-electron chi connectivity index (χ4n) is 2.11. The number of benzene rings is 2. The minimum Gasteiger partial charge on any atom is -0.323 e. The minimum atomic E-state index is -3.46. The Labute approximate surface area is 156 Å². The number of carbonyl (C=O) groups excluding carboxylic acids is 1. The van der Waals surface area contributed by atoms with Crippen LogP contribution in [0.15, 0.2) is 57.9 Å². The molecule has 2 aromatic rings. The van der Waals surface area contributed by atoms with E-state index in [1.54, 1.807) is 25.1 Å². The summed E-state index contributed by atoms with van der Waals surface area (Å²) >= 11 is 3.41. The van der Waals surface area contributed by atoms with Gasteiger partial charge in [0, 0.05) is 22.8 Å². The fraction of sp³-hybridized carbons (Fsp3) is 0.167. The van der Waals surface area contributed by atoms with Gasteiger partial charge in [0.1, 0.15) is 0 Å². The molecule has 0 heterocycles. The maximum atomic E-state index is 12.0. The summed E-state index contributed by atoms with van der Waals surface area (Å²) in [6, 6.07) is 11.9. The predicted molar refractivity (Wildman–Crippen MR) is 104 cm³/mol. The SMILES string of the molecule is CCNS(=O)(=O)c1ccc(/C=C/C(=O)Nc2ccc(Br)c(C)c2)cc1. The van der Waals surface area contributed by atoms with Crippen LogP contribution < -0.4 is 10.0 Å². The maximum absolute atomic E-state index is 12.0. The van der Waals surface area contributed by atoms with E-state index in [9.17, 15) is 13.2 Å². The molecule has 2 N–H and O–H groups in total. The van der Waals surface area contributed by atoms with Crippen molar-refractivity contribution in [1.29, 1.82) is 0 Å². The van der Waals surface area contributed by atoms with E-state index in [1.165, 1.54) is 18.2 Å². The average molecular weight is 423 g/mol. The Morgan fingerprint density at radius 1 is 1.16 bits per heavy atom. The fourth-order valence-corrected chi connectivity index (χ4v) is 3.40. The Hall–Kier alpha value is -1.96. The van der Waals surface area contributed by atoms with E-state index in [4.69, 9.17) is 0 Å². The topological polar surface area (TPSA) is 75.3 Å². The highest BCUT2D eigenvalue weighted by molar-refractivity contribution is 9.10. The molecule has 0 radical (unpaired) electrons. The summed E-state index contributed by atoms with van der Waals surface area (Å²) in [5.74, 6) is -0.258. The lowest BCUT2D eigenvalue weighted by Gasteiger charge is -2.05. The number of nitrogens with one attached hydrogen (secondary N) is 2. The van der Waals surface area contributed by atoms with Crippen LogP contribution in [0, 0.1) is 6.92 Å². The van der Waals surface area contributed by atoms with Crippen molar-refractivity contribution in [1.82, 2.24) is 4.72 Å². The van der Waals surface area contributed by atoms with E-state index in [1.807, 2.05) is 25.1 Å². The number of sulfonamides is 1. The second-order valence-corrected chi connectivity index (χ2v) is 7.98. The highest BCUT2D eigenvalue weighted by Gasteiger charge is 2.11. The van der Waals surface area contributed by atoms with Crippen molar-refractivity contribution in [3.05, 3.63) is 64.1 Å². The molecule has 0 saturated carbocycles. The summed E-state index contributed by atoms with van der Waals surface area (Å²) in [5, 5.41) is 2.78. The zero-order valence-corrected chi connectivity index (χ0v) is 16.3. The van der Waals surface area contributed by atoms with Crippen LogP contribution in [0.1, 0.15) is 18.1 Å². The molecule has 0 aliphatic carbocycles. The summed E-state index contributed by atoms with van der Waals surface area (Å²) in [6.45, 7) is 4.00. The summed E-state index contributed by atoms with van der Waals surface area (Å²) < 4.78 is 27.1. The van der Waals surface area contributed by atoms with Crippen LogP contribution in [-0.2, 0) is 14.8 Å². The Morgan fingerprint density at radius 2 is 1.84 bits per heavy atom. The molecule has 0 aliphatic rings. The lowest BCUT2D eigenvalue weighted by molar-refractivity contribution is -0.111. The number of halogens is 1. The highest BCUT2D eigenvalue weighted by atomic mass is 79.9. The number of hydrogen-bond donors (Lipinski definition) is 2. The molecule has 0 bridgehead atoms. The third-order valence-electron chi connectivity index (χ3n) is 3.38. The Bertz CT molecular complexity index is 891. The van der Waals surface area contributed by atoms with Gasteiger partial charge in [-0.15, -0.1) is 0 Å². The first-order chi connectivity index (χ1) is 11.8. The molecule has 25 heavy (non-hydrogen) atoms. The van der Waals surface area contributed by atoms with Gasteiger partial charge < -0.3 is 5.32 Å². The zero-order valence-electron chi connectivity index (χ0n) is 13.9. The van der Waals surface area contributed by atoms with E-state index in [2.05, 4.69) is 26.0 Å². The molecule has 5 nitrogen and oxygen atoms in total. The Balaban J connectivity index is 2.03. The van der Waals surface area contributed by atoms with Gasteiger partial charge >= 0.3 is 0 Å². The van der Waals surface area contributed by atoms with E-state index in [0.29, 0.717) is 12.2 Å². The zero-order chi connectivity index (χ0) is 18.4. The molecule has 132 valence electrons. The van der Waals surface area contributed by atoms with Crippen molar-refractivity contribution in [2.45, 2.75) is 18.7 Å². The predicted octanol–water partition coefficient (Wildman–Crippen LogP) is 3.71. The van der Waals surface area contributed by atoms with Crippen LogP contribution in [0.3, 0.4) is 0 Å². The molecule has 1 amide bonds. The van der Waals surface area contributed by atoms with Crippen molar-refractivity contribution in [2.75, 3.05) is 11.9 Å². The molecular weight excluding hydrogens is 404 g/mol. The van der Waals surface area contributed by atoms with Crippen molar-refractivity contribution in [3.63, 3.8) is 0 Å². The molecule has 2 rings (SSSR count). The van der Waals surface area contributed by atoms with Gasteiger partial charge in [-0.1, -0.05) is 35.0 Å². The van der Waals surface area contributed by atoms with Crippen LogP contribution in [0.25, 0.3) is 6.08 Å².